The molecule has 0 unspecified atom stereocenters. The average molecular weight is 658 g/mol. The van der Waals surface area contributed by atoms with Crippen molar-refractivity contribution in [3.63, 3.8) is 0 Å². The van der Waals surface area contributed by atoms with Crippen LogP contribution < -0.4 is 5.32 Å². The van der Waals surface area contributed by atoms with Crippen molar-refractivity contribution >= 4 is 17.7 Å². The molecule has 0 aliphatic carbocycles. The highest BCUT2D eigenvalue weighted by Gasteiger charge is 2.29. The van der Waals surface area contributed by atoms with Crippen LogP contribution in [0.5, 0.6) is 0 Å². The fourth-order valence-electron chi connectivity index (χ4n) is 5.98. The molecule has 0 spiro atoms. The summed E-state index contributed by atoms with van der Waals surface area (Å²) < 4.78 is 11.1. The van der Waals surface area contributed by atoms with Gasteiger partial charge in [0.1, 0.15) is 5.78 Å². The van der Waals surface area contributed by atoms with Crippen molar-refractivity contribution in [1.82, 2.24) is 5.32 Å². The van der Waals surface area contributed by atoms with E-state index in [1.54, 1.807) is 44.4 Å². The Morgan fingerprint density at radius 2 is 1.62 bits per heavy atom. The summed E-state index contributed by atoms with van der Waals surface area (Å²) in [4.78, 5) is 38.9. The third-order valence-corrected chi connectivity index (χ3v) is 8.97. The first-order valence-corrected chi connectivity index (χ1v) is 17.5. The zero-order valence-corrected chi connectivity index (χ0v) is 28.9. The molecule has 0 bridgehead atoms. The van der Waals surface area contributed by atoms with Crippen molar-refractivity contribution in [2.24, 2.45) is 17.8 Å². The number of Topliss-reactive ketones (excluding diaryl/α,β-unsaturated/α-hetero) is 1. The summed E-state index contributed by atoms with van der Waals surface area (Å²) in [6.07, 6.45) is 9.32. The van der Waals surface area contributed by atoms with Gasteiger partial charge in [-0.15, -0.1) is 0 Å². The number of cyclic esters (lactones) is 1. The van der Waals surface area contributed by atoms with E-state index in [2.05, 4.69) is 25.2 Å². The number of aliphatic hydroxyl groups excluding tert-OH is 3. The van der Waals surface area contributed by atoms with Crippen molar-refractivity contribution in [2.75, 3.05) is 20.3 Å². The minimum atomic E-state index is -1.20. The van der Waals surface area contributed by atoms with Gasteiger partial charge in [0.15, 0.2) is 0 Å². The van der Waals surface area contributed by atoms with Crippen molar-refractivity contribution in [2.45, 2.75) is 122 Å². The molecule has 1 heterocycles. The minimum Gasteiger partial charge on any atom is -0.447 e. The number of methoxy groups -OCH3 is 1. The topological polar surface area (TPSA) is 142 Å². The number of carbonyl (C=O) groups excluding carboxylic acids is 3. The predicted molar refractivity (Wildman–Crippen MR) is 183 cm³/mol. The molecular weight excluding hydrogens is 598 g/mol. The van der Waals surface area contributed by atoms with Gasteiger partial charge in [-0.2, -0.15) is 0 Å². The summed E-state index contributed by atoms with van der Waals surface area (Å²) in [6.45, 7) is 6.23. The fraction of sp³-hybridized carbons (Fsp3) is 0.658. The zero-order valence-electron chi connectivity index (χ0n) is 28.9. The van der Waals surface area contributed by atoms with Gasteiger partial charge in [0.2, 0.25) is 6.10 Å². The highest BCUT2D eigenvalue weighted by molar-refractivity contribution is 5.85. The molecule has 2 rings (SSSR count). The Morgan fingerprint density at radius 3 is 2.32 bits per heavy atom. The van der Waals surface area contributed by atoms with Gasteiger partial charge in [0.25, 0.3) is 5.91 Å². The maximum absolute atomic E-state index is 13.2. The van der Waals surface area contributed by atoms with Crippen LogP contribution in [0.1, 0.15) is 109 Å². The SMILES string of the molecule is CC[C@H]1/C=C/C=C(\COC)CC[C@@H](O)[C@@H](O)C[C@H](O)CNC(=O)[C@@H](c2ccccc2)OC(=O)[C@@H](C)C[C@H](C)CCCCC(=O)CCC1. The number of esters is 1. The van der Waals surface area contributed by atoms with E-state index >= 15 is 0 Å². The van der Waals surface area contributed by atoms with Crippen molar-refractivity contribution < 1.29 is 39.2 Å². The van der Waals surface area contributed by atoms with E-state index in [0.29, 0.717) is 49.6 Å². The summed E-state index contributed by atoms with van der Waals surface area (Å²) in [5.74, 6) is -0.589. The van der Waals surface area contributed by atoms with Gasteiger partial charge in [-0.1, -0.05) is 82.2 Å². The largest absolute Gasteiger partial charge is 0.447 e. The lowest BCUT2D eigenvalue weighted by molar-refractivity contribution is -0.160. The van der Waals surface area contributed by atoms with Crippen LogP contribution in [0.4, 0.5) is 0 Å². The van der Waals surface area contributed by atoms with Gasteiger partial charge >= 0.3 is 5.97 Å². The number of rotatable bonds is 4. The zero-order chi connectivity index (χ0) is 34.6. The van der Waals surface area contributed by atoms with Crippen LogP contribution in [0.15, 0.2) is 54.1 Å². The van der Waals surface area contributed by atoms with Gasteiger partial charge in [0.05, 0.1) is 30.8 Å². The molecule has 264 valence electrons. The standard InChI is InChI=1S/C38H59NO8/c1-5-29-14-11-16-30(26-46-4)21-22-34(42)35(43)24-33(41)25-39-37(44)36(31-17-7-6-8-18-31)47-38(45)28(3)23-27(2)13-9-10-19-32(40)20-12-15-29/h6-8,11,14,16-18,27-29,33-36,41-43H,5,9-10,12-13,15,19-26H2,1-4H3,(H,39,44)/b14-11+,30-16-/t27-,28+,29+,33+,34-,35+,36-/m1/s1. The number of hydrogen-bond donors (Lipinski definition) is 4. The minimum absolute atomic E-state index is 0.143. The number of β-amino-alcohol motifs (C(OH)–C–C–N with tert-alkyl or cyclic N) is 1. The van der Waals surface area contributed by atoms with Crippen LogP contribution in [0.3, 0.4) is 0 Å². The van der Waals surface area contributed by atoms with Crippen molar-refractivity contribution in [3.8, 4) is 0 Å². The van der Waals surface area contributed by atoms with E-state index in [4.69, 9.17) is 9.47 Å². The van der Waals surface area contributed by atoms with E-state index in [1.165, 1.54) is 0 Å². The third kappa shape index (κ3) is 16.2. The molecule has 1 aliphatic rings. The number of benzene rings is 1. The van der Waals surface area contributed by atoms with E-state index in [-0.39, 0.29) is 25.3 Å². The number of aliphatic hydroxyl groups is 3. The maximum Gasteiger partial charge on any atom is 0.309 e. The fourth-order valence-corrected chi connectivity index (χ4v) is 5.98. The molecule has 9 nitrogen and oxygen atoms in total. The predicted octanol–water partition coefficient (Wildman–Crippen LogP) is 5.77. The molecule has 47 heavy (non-hydrogen) atoms. The number of ether oxygens (including phenoxy) is 2. The Hall–Kier alpha value is -2.85. The van der Waals surface area contributed by atoms with Crippen LogP contribution in [-0.2, 0) is 23.9 Å². The first-order chi connectivity index (χ1) is 22.5. The van der Waals surface area contributed by atoms with E-state index in [9.17, 15) is 29.7 Å². The summed E-state index contributed by atoms with van der Waals surface area (Å²) in [5, 5.41) is 34.5. The molecule has 0 fully saturated rings. The molecule has 4 N–H and O–H groups in total. The van der Waals surface area contributed by atoms with Gasteiger partial charge in [-0.05, 0) is 62.4 Å². The molecule has 1 aromatic rings. The Balaban J connectivity index is 2.16. The number of nitrogens with one attached hydrogen (secondary N) is 1. The molecule has 0 saturated heterocycles. The third-order valence-electron chi connectivity index (χ3n) is 8.97. The molecule has 1 aliphatic heterocycles. The Bertz CT molecular complexity index is 1120. The monoisotopic (exact) mass is 657 g/mol. The van der Waals surface area contributed by atoms with Crippen LogP contribution >= 0.6 is 0 Å². The average Bonchev–Trinajstić information content (AvgIpc) is 3.05. The number of hydrogen-bond acceptors (Lipinski definition) is 8. The van der Waals surface area contributed by atoms with Crippen LogP contribution in [0.2, 0.25) is 0 Å². The summed E-state index contributed by atoms with van der Waals surface area (Å²) in [5.41, 5.74) is 1.47. The summed E-state index contributed by atoms with van der Waals surface area (Å²) >= 11 is 0. The molecule has 9 heteroatoms. The number of carbonyl (C=O) groups is 3. The van der Waals surface area contributed by atoms with Gasteiger partial charge in [0, 0.05) is 38.5 Å². The highest BCUT2D eigenvalue weighted by Crippen LogP contribution is 2.24. The van der Waals surface area contributed by atoms with Crippen LogP contribution in [0.25, 0.3) is 0 Å². The van der Waals surface area contributed by atoms with Crippen LogP contribution in [0, 0.1) is 17.8 Å². The van der Waals surface area contributed by atoms with Crippen LogP contribution in [-0.4, -0.2) is 71.6 Å². The second-order valence-electron chi connectivity index (χ2n) is 13.3. The second kappa shape index (κ2) is 22.7. The molecule has 1 amide bonds. The maximum atomic E-state index is 13.2. The first kappa shape index (κ1) is 40.3. The van der Waals surface area contributed by atoms with Gasteiger partial charge in [-0.3, -0.25) is 14.4 Å². The van der Waals surface area contributed by atoms with Crippen molar-refractivity contribution in [3.05, 3.63) is 59.7 Å². The molecule has 1 aromatic carbocycles. The van der Waals surface area contributed by atoms with Gasteiger partial charge in [-0.25, -0.2) is 0 Å². The van der Waals surface area contributed by atoms with E-state index < -0.39 is 42.2 Å². The highest BCUT2D eigenvalue weighted by atomic mass is 16.5. The molecule has 0 saturated carbocycles. The number of allylic oxidation sites excluding steroid dienone is 3. The van der Waals surface area contributed by atoms with E-state index in [0.717, 1.165) is 44.1 Å². The smallest absolute Gasteiger partial charge is 0.309 e. The summed E-state index contributed by atoms with van der Waals surface area (Å²) in [7, 11) is 1.61. The molecular formula is C38H59NO8. The van der Waals surface area contributed by atoms with Crippen molar-refractivity contribution in [1.29, 1.82) is 0 Å². The molecule has 7 atom stereocenters. The quantitative estimate of drug-likeness (QED) is 0.299. The Morgan fingerprint density at radius 1 is 0.894 bits per heavy atom. The Kier molecular flexibility index (Phi) is 19.5. The Labute approximate surface area is 281 Å². The lowest BCUT2D eigenvalue weighted by atomic mass is 9.92. The molecule has 0 radical (unpaired) electrons. The lowest BCUT2D eigenvalue weighted by Gasteiger charge is -2.24. The number of ketones is 1. The van der Waals surface area contributed by atoms with E-state index in [1.807, 2.05) is 12.2 Å². The lowest BCUT2D eigenvalue weighted by Crippen LogP contribution is -2.40. The first-order valence-electron chi connectivity index (χ1n) is 17.5. The molecule has 0 aromatic heterocycles. The van der Waals surface area contributed by atoms with Gasteiger partial charge < -0.3 is 30.1 Å². The normalized spacial score (nSPS) is 31.3. The second-order valence-corrected chi connectivity index (χ2v) is 13.3. The number of amides is 1. The summed E-state index contributed by atoms with van der Waals surface area (Å²) in [6, 6.07) is 8.72.